The molecule has 0 atom stereocenters. The Kier molecular flexibility index (Phi) is 5.81. The van der Waals surface area contributed by atoms with E-state index in [1.54, 1.807) is 0 Å². The summed E-state index contributed by atoms with van der Waals surface area (Å²) in [4.78, 5) is 34.4. The molecule has 5 rings (SSSR count). The highest BCUT2D eigenvalue weighted by Crippen LogP contribution is 2.27. The zero-order valence-corrected chi connectivity index (χ0v) is 18.5. The number of fused-ring (bicyclic) bond motifs is 1. The number of nitrogens with zero attached hydrogens (tertiary/aromatic N) is 3. The van der Waals surface area contributed by atoms with Gasteiger partial charge in [-0.25, -0.2) is 4.98 Å². The average Bonchev–Trinajstić information content (AvgIpc) is 3.62. The maximum atomic E-state index is 13.5. The third kappa shape index (κ3) is 4.61. The number of para-hydroxylation sites is 1. The number of halogens is 1. The zero-order valence-electron chi connectivity index (χ0n) is 17.8. The molecular weight excluding hydrogens is 424 g/mol. The van der Waals surface area contributed by atoms with Gasteiger partial charge < -0.3 is 10.2 Å². The Labute approximate surface area is 192 Å². The molecule has 2 aliphatic rings. The van der Waals surface area contributed by atoms with Crippen LogP contribution in [0.5, 0.6) is 0 Å². The number of piperazine rings is 1. The van der Waals surface area contributed by atoms with Crippen molar-refractivity contribution in [3.63, 3.8) is 0 Å². The van der Waals surface area contributed by atoms with E-state index in [9.17, 15) is 9.59 Å². The predicted octanol–water partition coefficient (Wildman–Crippen LogP) is 3.59. The van der Waals surface area contributed by atoms with Gasteiger partial charge in [-0.15, -0.1) is 0 Å². The van der Waals surface area contributed by atoms with Gasteiger partial charge >= 0.3 is 0 Å². The lowest BCUT2D eigenvalue weighted by atomic mass is 10.0. The van der Waals surface area contributed by atoms with Crippen LogP contribution in [0, 0.1) is 0 Å². The van der Waals surface area contributed by atoms with E-state index in [0.717, 1.165) is 35.0 Å². The summed E-state index contributed by atoms with van der Waals surface area (Å²) < 4.78 is 0. The lowest BCUT2D eigenvalue weighted by molar-refractivity contribution is -0.122. The summed E-state index contributed by atoms with van der Waals surface area (Å²) >= 11 is 6.04. The summed E-state index contributed by atoms with van der Waals surface area (Å²) in [5.41, 5.74) is 3.11. The first-order valence-electron chi connectivity index (χ1n) is 11.0. The first-order valence-corrected chi connectivity index (χ1v) is 11.4. The molecule has 2 fully saturated rings. The number of carbonyl (C=O) groups is 2. The molecule has 3 aromatic rings. The van der Waals surface area contributed by atoms with Crippen molar-refractivity contribution < 1.29 is 9.59 Å². The summed E-state index contributed by atoms with van der Waals surface area (Å²) in [6, 6.07) is 17.5. The molecule has 1 saturated heterocycles. The van der Waals surface area contributed by atoms with E-state index in [1.165, 1.54) is 0 Å². The van der Waals surface area contributed by atoms with Crippen molar-refractivity contribution >= 4 is 34.3 Å². The van der Waals surface area contributed by atoms with Gasteiger partial charge in [0.25, 0.3) is 5.91 Å². The van der Waals surface area contributed by atoms with E-state index < -0.39 is 0 Å². The molecule has 2 amide bonds. The average molecular weight is 449 g/mol. The summed E-state index contributed by atoms with van der Waals surface area (Å²) in [5, 5.41) is 4.54. The smallest absolute Gasteiger partial charge is 0.254 e. The highest BCUT2D eigenvalue weighted by Gasteiger charge is 2.27. The van der Waals surface area contributed by atoms with Crippen molar-refractivity contribution in [3.8, 4) is 11.3 Å². The Morgan fingerprint density at radius 1 is 1.00 bits per heavy atom. The molecule has 32 heavy (non-hydrogen) atoms. The topological polar surface area (TPSA) is 65.5 Å². The molecule has 164 valence electrons. The second-order valence-corrected chi connectivity index (χ2v) is 8.93. The quantitative estimate of drug-likeness (QED) is 0.647. The third-order valence-electron chi connectivity index (χ3n) is 6.06. The van der Waals surface area contributed by atoms with Gasteiger partial charge in [-0.3, -0.25) is 14.5 Å². The maximum Gasteiger partial charge on any atom is 0.254 e. The monoisotopic (exact) mass is 448 g/mol. The molecule has 7 heteroatoms. The minimum absolute atomic E-state index is 0.000829. The van der Waals surface area contributed by atoms with Gasteiger partial charge in [0.2, 0.25) is 5.91 Å². The van der Waals surface area contributed by atoms with Crippen LogP contribution in [0.25, 0.3) is 22.2 Å². The molecule has 2 heterocycles. The van der Waals surface area contributed by atoms with Crippen molar-refractivity contribution in [1.82, 2.24) is 20.1 Å². The second-order valence-electron chi connectivity index (χ2n) is 8.49. The number of carbonyl (C=O) groups excluding carboxylic acids is 2. The van der Waals surface area contributed by atoms with Crippen LogP contribution < -0.4 is 5.32 Å². The van der Waals surface area contributed by atoms with Crippen LogP contribution in [0.4, 0.5) is 0 Å². The summed E-state index contributed by atoms with van der Waals surface area (Å²) in [6.07, 6.45) is 2.18. The molecule has 0 bridgehead atoms. The molecule has 1 saturated carbocycles. The predicted molar refractivity (Wildman–Crippen MR) is 126 cm³/mol. The first-order chi connectivity index (χ1) is 15.6. The molecular formula is C25H25ClN4O2. The van der Waals surface area contributed by atoms with Gasteiger partial charge in [0.05, 0.1) is 23.3 Å². The van der Waals surface area contributed by atoms with Crippen LogP contribution >= 0.6 is 11.6 Å². The summed E-state index contributed by atoms with van der Waals surface area (Å²) in [6.45, 7) is 2.98. The molecule has 0 unspecified atom stereocenters. The lowest BCUT2D eigenvalue weighted by Gasteiger charge is -2.34. The van der Waals surface area contributed by atoms with E-state index in [2.05, 4.69) is 10.2 Å². The van der Waals surface area contributed by atoms with Crippen molar-refractivity contribution in [1.29, 1.82) is 0 Å². The Bertz CT molecular complexity index is 1150. The Morgan fingerprint density at radius 3 is 2.44 bits per heavy atom. The van der Waals surface area contributed by atoms with E-state index in [0.29, 0.717) is 49.4 Å². The number of benzene rings is 2. The summed E-state index contributed by atoms with van der Waals surface area (Å²) in [5.74, 6) is 0.0842. The molecule has 0 radical (unpaired) electrons. The fraction of sp³-hybridized carbons (Fsp3) is 0.320. The number of aromatic nitrogens is 1. The van der Waals surface area contributed by atoms with Crippen LogP contribution in [0.15, 0.2) is 54.6 Å². The highest BCUT2D eigenvalue weighted by atomic mass is 35.5. The minimum Gasteiger partial charge on any atom is -0.352 e. The molecule has 0 spiro atoms. The standard InChI is InChI=1S/C25H25ClN4O2/c26-18-7-5-17(6-8-18)23-15-21(20-3-1-2-4-22(20)28-23)25(32)30-13-11-29(12-14-30)16-24(31)27-19-9-10-19/h1-8,15,19H,9-14,16H2,(H,27,31). The molecule has 1 aromatic heterocycles. The zero-order chi connectivity index (χ0) is 22.1. The Balaban J connectivity index is 1.35. The van der Waals surface area contributed by atoms with Crippen LogP contribution in [-0.4, -0.2) is 65.4 Å². The van der Waals surface area contributed by atoms with E-state index in [4.69, 9.17) is 16.6 Å². The van der Waals surface area contributed by atoms with Crippen LogP contribution in [0.2, 0.25) is 5.02 Å². The maximum absolute atomic E-state index is 13.5. The number of rotatable bonds is 5. The number of pyridine rings is 1. The number of nitrogens with one attached hydrogen (secondary N) is 1. The molecule has 1 N–H and O–H groups in total. The number of amides is 2. The minimum atomic E-state index is 0.000829. The van der Waals surface area contributed by atoms with Gasteiger partial charge in [0.15, 0.2) is 0 Å². The van der Waals surface area contributed by atoms with Crippen LogP contribution in [0.1, 0.15) is 23.2 Å². The Morgan fingerprint density at radius 2 is 1.72 bits per heavy atom. The summed E-state index contributed by atoms with van der Waals surface area (Å²) in [7, 11) is 0. The van der Waals surface area contributed by atoms with Crippen LogP contribution in [-0.2, 0) is 4.79 Å². The Hall–Kier alpha value is -2.96. The van der Waals surface area contributed by atoms with Gasteiger partial charge in [0.1, 0.15) is 0 Å². The molecule has 1 aliphatic carbocycles. The molecule has 2 aromatic carbocycles. The third-order valence-corrected chi connectivity index (χ3v) is 6.31. The lowest BCUT2D eigenvalue weighted by Crippen LogP contribution is -2.51. The fourth-order valence-corrected chi connectivity index (χ4v) is 4.23. The van der Waals surface area contributed by atoms with Gasteiger partial charge in [0, 0.05) is 48.2 Å². The van der Waals surface area contributed by atoms with E-state index >= 15 is 0 Å². The van der Waals surface area contributed by atoms with Crippen molar-refractivity contribution in [2.24, 2.45) is 0 Å². The van der Waals surface area contributed by atoms with Crippen molar-refractivity contribution in [2.45, 2.75) is 18.9 Å². The van der Waals surface area contributed by atoms with Gasteiger partial charge in [-0.1, -0.05) is 41.9 Å². The first kappa shape index (κ1) is 20.9. The highest BCUT2D eigenvalue weighted by molar-refractivity contribution is 6.30. The second kappa shape index (κ2) is 8.88. The normalized spacial score (nSPS) is 16.8. The fourth-order valence-electron chi connectivity index (χ4n) is 4.10. The number of hydrogen-bond donors (Lipinski definition) is 1. The SMILES string of the molecule is O=C(CN1CCN(C(=O)c2cc(-c3ccc(Cl)cc3)nc3ccccc23)CC1)NC1CC1. The van der Waals surface area contributed by atoms with Crippen LogP contribution in [0.3, 0.4) is 0 Å². The molecule has 6 nitrogen and oxygen atoms in total. The van der Waals surface area contributed by atoms with Crippen molar-refractivity contribution in [3.05, 3.63) is 65.2 Å². The molecule has 1 aliphatic heterocycles. The van der Waals surface area contributed by atoms with E-state index in [-0.39, 0.29) is 11.8 Å². The van der Waals surface area contributed by atoms with E-state index in [1.807, 2.05) is 59.5 Å². The largest absolute Gasteiger partial charge is 0.352 e. The van der Waals surface area contributed by atoms with Gasteiger partial charge in [-0.05, 0) is 37.1 Å². The number of hydrogen-bond acceptors (Lipinski definition) is 4. The van der Waals surface area contributed by atoms with Crippen molar-refractivity contribution in [2.75, 3.05) is 32.7 Å². The van der Waals surface area contributed by atoms with Gasteiger partial charge in [-0.2, -0.15) is 0 Å².